The van der Waals surface area contributed by atoms with E-state index in [1.165, 1.54) is 6.92 Å². The molecule has 2 aromatic rings. The number of aliphatic imine (C=N–C) groups is 1. The van der Waals surface area contributed by atoms with Crippen molar-refractivity contribution >= 4 is 28.6 Å². The molecule has 0 atom stereocenters. The van der Waals surface area contributed by atoms with Gasteiger partial charge in [-0.05, 0) is 32.1 Å². The Morgan fingerprint density at radius 1 is 1.32 bits per heavy atom. The van der Waals surface area contributed by atoms with E-state index < -0.39 is 11.4 Å². The Morgan fingerprint density at radius 2 is 2.08 bits per heavy atom. The van der Waals surface area contributed by atoms with Gasteiger partial charge in [0.2, 0.25) is 5.91 Å². The van der Waals surface area contributed by atoms with Crippen LogP contribution in [0.15, 0.2) is 41.0 Å². The molecule has 0 unspecified atom stereocenters. The molecule has 2 heterocycles. The van der Waals surface area contributed by atoms with Crippen LogP contribution in [0.4, 0.5) is 0 Å². The number of nitrogens with one attached hydrogen (secondary N) is 2. The van der Waals surface area contributed by atoms with Gasteiger partial charge >= 0.3 is 5.97 Å². The van der Waals surface area contributed by atoms with Crippen molar-refractivity contribution in [2.45, 2.75) is 20.8 Å². The first kappa shape index (κ1) is 16.9. The average molecular weight is 340 g/mol. The molecule has 7 nitrogen and oxygen atoms in total. The van der Waals surface area contributed by atoms with Gasteiger partial charge in [-0.15, -0.1) is 0 Å². The van der Waals surface area contributed by atoms with Crippen molar-refractivity contribution < 1.29 is 14.3 Å². The van der Waals surface area contributed by atoms with Crippen LogP contribution in [0.3, 0.4) is 0 Å². The largest absolute Gasteiger partial charge is 0.465 e. The van der Waals surface area contributed by atoms with Gasteiger partial charge in [0, 0.05) is 6.92 Å². The predicted molar refractivity (Wildman–Crippen MR) is 94.1 cm³/mol. The first-order chi connectivity index (χ1) is 11.9. The molecule has 1 amide bonds. The number of para-hydroxylation sites is 2. The van der Waals surface area contributed by atoms with E-state index in [2.05, 4.69) is 20.3 Å². The molecule has 1 aliphatic heterocycles. The minimum atomic E-state index is -0.853. The Morgan fingerprint density at radius 3 is 2.80 bits per heavy atom. The quantitative estimate of drug-likeness (QED) is 0.813. The molecule has 0 bridgehead atoms. The van der Waals surface area contributed by atoms with E-state index in [0.29, 0.717) is 23.8 Å². The van der Waals surface area contributed by atoms with Crippen LogP contribution in [0.25, 0.3) is 11.0 Å². The SMILES string of the molecule is CC(=O)OCC(C)(C)C(=O)NC1=CCN=C1c1nc2ccccc2[nH]1. The predicted octanol–water partition coefficient (Wildman–Crippen LogP) is 1.95. The van der Waals surface area contributed by atoms with Crippen LogP contribution >= 0.6 is 0 Å². The number of hydrogen-bond donors (Lipinski definition) is 2. The Kier molecular flexibility index (Phi) is 4.39. The molecule has 0 saturated carbocycles. The van der Waals surface area contributed by atoms with Crippen LogP contribution < -0.4 is 5.32 Å². The number of H-pyrrole nitrogens is 1. The molecular formula is C18H20N4O3. The summed E-state index contributed by atoms with van der Waals surface area (Å²) < 4.78 is 4.98. The number of aromatic amines is 1. The maximum absolute atomic E-state index is 12.6. The third-order valence-corrected chi connectivity index (χ3v) is 3.91. The summed E-state index contributed by atoms with van der Waals surface area (Å²) in [6.45, 7) is 5.25. The fraction of sp³-hybridized carbons (Fsp3) is 0.333. The first-order valence-corrected chi connectivity index (χ1v) is 8.02. The summed E-state index contributed by atoms with van der Waals surface area (Å²) in [6.07, 6.45) is 1.84. The van der Waals surface area contributed by atoms with Crippen molar-refractivity contribution in [1.29, 1.82) is 0 Å². The maximum Gasteiger partial charge on any atom is 0.302 e. The highest BCUT2D eigenvalue weighted by molar-refractivity contribution is 6.14. The Bertz CT molecular complexity index is 860. The Hall–Kier alpha value is -2.96. The first-order valence-electron chi connectivity index (χ1n) is 8.02. The average Bonchev–Trinajstić information content (AvgIpc) is 3.18. The minimum absolute atomic E-state index is 0.0125. The van der Waals surface area contributed by atoms with Gasteiger partial charge in [0.05, 0.1) is 28.7 Å². The molecule has 1 aliphatic rings. The fourth-order valence-electron chi connectivity index (χ4n) is 2.43. The molecule has 0 radical (unpaired) electrons. The van der Waals surface area contributed by atoms with Crippen LogP contribution in [0.2, 0.25) is 0 Å². The molecular weight excluding hydrogens is 320 g/mol. The monoisotopic (exact) mass is 340 g/mol. The van der Waals surface area contributed by atoms with Gasteiger partial charge in [-0.1, -0.05) is 12.1 Å². The number of carbonyl (C=O) groups excluding carboxylic acids is 2. The third kappa shape index (κ3) is 3.60. The molecule has 0 spiro atoms. The number of amides is 1. The summed E-state index contributed by atoms with van der Waals surface area (Å²) >= 11 is 0. The molecule has 0 aliphatic carbocycles. The third-order valence-electron chi connectivity index (χ3n) is 3.91. The second-order valence-electron chi connectivity index (χ2n) is 6.53. The molecule has 25 heavy (non-hydrogen) atoms. The normalized spacial score (nSPS) is 14.2. The lowest BCUT2D eigenvalue weighted by Gasteiger charge is -2.23. The summed E-state index contributed by atoms with van der Waals surface area (Å²) in [5.41, 5.74) is 2.13. The van der Waals surface area contributed by atoms with E-state index in [0.717, 1.165) is 11.0 Å². The number of imidazole rings is 1. The summed E-state index contributed by atoms with van der Waals surface area (Å²) in [4.78, 5) is 35.7. The summed E-state index contributed by atoms with van der Waals surface area (Å²) in [7, 11) is 0. The van der Waals surface area contributed by atoms with Gasteiger partial charge in [0.15, 0.2) is 5.82 Å². The minimum Gasteiger partial charge on any atom is -0.465 e. The number of carbonyl (C=O) groups is 2. The van der Waals surface area contributed by atoms with Crippen molar-refractivity contribution in [3.05, 3.63) is 41.9 Å². The summed E-state index contributed by atoms with van der Waals surface area (Å²) in [6, 6.07) is 7.69. The van der Waals surface area contributed by atoms with E-state index in [9.17, 15) is 9.59 Å². The Labute approximate surface area is 145 Å². The topological polar surface area (TPSA) is 96.4 Å². The molecule has 1 aromatic heterocycles. The molecule has 2 N–H and O–H groups in total. The van der Waals surface area contributed by atoms with Crippen molar-refractivity contribution in [3.63, 3.8) is 0 Å². The zero-order valence-electron chi connectivity index (χ0n) is 14.4. The van der Waals surface area contributed by atoms with Crippen molar-refractivity contribution in [2.75, 3.05) is 13.2 Å². The number of benzene rings is 1. The van der Waals surface area contributed by atoms with Gasteiger partial charge < -0.3 is 15.0 Å². The number of allylic oxidation sites excluding steroid dienone is 1. The molecule has 7 heteroatoms. The molecule has 130 valence electrons. The number of nitrogens with zero attached hydrogens (tertiary/aromatic N) is 2. The van der Waals surface area contributed by atoms with Gasteiger partial charge in [0.1, 0.15) is 12.3 Å². The standard InChI is InChI=1S/C18H20N4O3/c1-11(23)25-10-18(2,3)17(24)22-14-8-9-19-15(14)16-20-12-6-4-5-7-13(12)21-16/h4-8H,9-10H2,1-3H3,(H,20,21)(H,22,24). The van der Waals surface area contributed by atoms with E-state index >= 15 is 0 Å². The fourth-order valence-corrected chi connectivity index (χ4v) is 2.43. The second-order valence-corrected chi connectivity index (χ2v) is 6.53. The number of aromatic nitrogens is 2. The van der Waals surface area contributed by atoms with E-state index in [4.69, 9.17) is 4.74 Å². The van der Waals surface area contributed by atoms with Crippen molar-refractivity contribution in [1.82, 2.24) is 15.3 Å². The number of fused-ring (bicyclic) bond motifs is 1. The lowest BCUT2D eigenvalue weighted by molar-refractivity contribution is -0.147. The zero-order valence-corrected chi connectivity index (χ0v) is 14.4. The van der Waals surface area contributed by atoms with E-state index in [1.54, 1.807) is 13.8 Å². The number of rotatable bonds is 5. The maximum atomic E-state index is 12.6. The summed E-state index contributed by atoms with van der Waals surface area (Å²) in [5.74, 6) is -0.0424. The molecule has 0 saturated heterocycles. The number of ether oxygens (including phenoxy) is 1. The van der Waals surface area contributed by atoms with Gasteiger partial charge in [-0.3, -0.25) is 14.6 Å². The van der Waals surface area contributed by atoms with Gasteiger partial charge in [0.25, 0.3) is 0 Å². The smallest absolute Gasteiger partial charge is 0.302 e. The number of hydrogen-bond acceptors (Lipinski definition) is 5. The zero-order chi connectivity index (χ0) is 18.0. The number of esters is 1. The molecule has 0 fully saturated rings. The van der Waals surface area contributed by atoms with Crippen LogP contribution in [-0.2, 0) is 14.3 Å². The highest BCUT2D eigenvalue weighted by Crippen LogP contribution is 2.20. The van der Waals surface area contributed by atoms with Crippen molar-refractivity contribution in [2.24, 2.45) is 10.4 Å². The van der Waals surface area contributed by atoms with Crippen LogP contribution in [-0.4, -0.2) is 40.7 Å². The van der Waals surface area contributed by atoms with E-state index in [1.807, 2.05) is 30.3 Å². The summed E-state index contributed by atoms with van der Waals surface area (Å²) in [5, 5.41) is 2.88. The van der Waals surface area contributed by atoms with Crippen LogP contribution in [0, 0.1) is 5.41 Å². The highest BCUT2D eigenvalue weighted by atomic mass is 16.5. The Balaban J connectivity index is 1.75. The second kappa shape index (κ2) is 6.51. The molecule has 3 rings (SSSR count). The van der Waals surface area contributed by atoms with Crippen LogP contribution in [0.1, 0.15) is 26.6 Å². The molecule has 1 aromatic carbocycles. The lowest BCUT2D eigenvalue weighted by atomic mass is 9.93. The van der Waals surface area contributed by atoms with Gasteiger partial charge in [-0.2, -0.15) is 0 Å². The van der Waals surface area contributed by atoms with Gasteiger partial charge in [-0.25, -0.2) is 4.98 Å². The lowest BCUT2D eigenvalue weighted by Crippen LogP contribution is -2.41. The highest BCUT2D eigenvalue weighted by Gasteiger charge is 2.31. The van der Waals surface area contributed by atoms with E-state index in [-0.39, 0.29) is 12.5 Å². The van der Waals surface area contributed by atoms with Crippen molar-refractivity contribution in [3.8, 4) is 0 Å². The van der Waals surface area contributed by atoms with Crippen LogP contribution in [0.5, 0.6) is 0 Å².